The minimum atomic E-state index is -0.0774. The molecule has 1 rings (SSSR count). The number of nitrogens with one attached hydrogen (secondary N) is 1. The van der Waals surface area contributed by atoms with Gasteiger partial charge in [-0.2, -0.15) is 0 Å². The van der Waals surface area contributed by atoms with Crippen LogP contribution in [0, 0.1) is 5.92 Å². The van der Waals surface area contributed by atoms with Crippen LogP contribution in [-0.2, 0) is 4.79 Å². The molecule has 4 nitrogen and oxygen atoms in total. The van der Waals surface area contributed by atoms with Crippen LogP contribution in [0.1, 0.15) is 33.1 Å². The van der Waals surface area contributed by atoms with Crippen molar-refractivity contribution in [2.24, 2.45) is 11.8 Å². The second kappa shape index (κ2) is 5.32. The number of hydrazine groups is 1. The lowest BCUT2D eigenvalue weighted by Gasteiger charge is -2.25. The molecule has 0 spiro atoms. The van der Waals surface area contributed by atoms with E-state index in [2.05, 4.69) is 24.2 Å². The van der Waals surface area contributed by atoms with Gasteiger partial charge in [-0.1, -0.05) is 0 Å². The highest BCUT2D eigenvalue weighted by Gasteiger charge is 2.25. The first-order valence-electron chi connectivity index (χ1n) is 5.37. The van der Waals surface area contributed by atoms with Crippen molar-refractivity contribution >= 4 is 5.91 Å². The predicted molar refractivity (Wildman–Crippen MR) is 56.4 cm³/mol. The molecule has 1 fully saturated rings. The molecule has 1 aliphatic rings. The zero-order valence-electron chi connectivity index (χ0n) is 9.12. The molecule has 0 aromatic rings. The Balaban J connectivity index is 2.23. The quantitative estimate of drug-likeness (QED) is 0.372. The van der Waals surface area contributed by atoms with Gasteiger partial charge in [-0.25, -0.2) is 5.84 Å². The van der Waals surface area contributed by atoms with Crippen molar-refractivity contribution in [2.75, 3.05) is 13.1 Å². The highest BCUT2D eigenvalue weighted by molar-refractivity contribution is 5.75. The summed E-state index contributed by atoms with van der Waals surface area (Å²) in [7, 11) is 0. The molecule has 0 bridgehead atoms. The molecular formula is C10H21N3O. The Hall–Kier alpha value is -0.610. The molecule has 3 N–H and O–H groups in total. The van der Waals surface area contributed by atoms with Crippen molar-refractivity contribution < 1.29 is 4.79 Å². The lowest BCUT2D eigenvalue weighted by atomic mass is 10.2. The Kier molecular flexibility index (Phi) is 4.35. The normalized spacial score (nSPS) is 16.4. The summed E-state index contributed by atoms with van der Waals surface area (Å²) < 4.78 is 0. The summed E-state index contributed by atoms with van der Waals surface area (Å²) in [5, 5.41) is 0. The number of amides is 1. The van der Waals surface area contributed by atoms with Crippen molar-refractivity contribution in [1.82, 2.24) is 10.3 Å². The molecule has 14 heavy (non-hydrogen) atoms. The van der Waals surface area contributed by atoms with Crippen LogP contribution in [0.15, 0.2) is 0 Å². The van der Waals surface area contributed by atoms with Crippen LogP contribution in [0.5, 0.6) is 0 Å². The van der Waals surface area contributed by atoms with Gasteiger partial charge in [0.25, 0.3) is 0 Å². The van der Waals surface area contributed by atoms with Crippen LogP contribution in [-0.4, -0.2) is 29.9 Å². The topological polar surface area (TPSA) is 58.4 Å². The number of nitrogens with two attached hydrogens (primary N) is 1. The van der Waals surface area contributed by atoms with Crippen molar-refractivity contribution in [3.8, 4) is 0 Å². The lowest BCUT2D eigenvalue weighted by molar-refractivity contribution is -0.121. The zero-order chi connectivity index (χ0) is 10.6. The van der Waals surface area contributed by atoms with E-state index in [1.54, 1.807) is 0 Å². The average Bonchev–Trinajstić information content (AvgIpc) is 2.94. The van der Waals surface area contributed by atoms with E-state index < -0.39 is 0 Å². The summed E-state index contributed by atoms with van der Waals surface area (Å²) in [4.78, 5) is 13.3. The minimum absolute atomic E-state index is 0.0774. The molecule has 0 saturated heterocycles. The minimum Gasteiger partial charge on any atom is -0.300 e. The van der Waals surface area contributed by atoms with E-state index in [1.807, 2.05) is 0 Å². The molecular weight excluding hydrogens is 178 g/mol. The number of hydrogen-bond acceptors (Lipinski definition) is 3. The van der Waals surface area contributed by atoms with Crippen LogP contribution in [0.4, 0.5) is 0 Å². The molecule has 0 radical (unpaired) electrons. The second-order valence-corrected chi connectivity index (χ2v) is 4.35. The first-order valence-corrected chi connectivity index (χ1v) is 5.37. The summed E-state index contributed by atoms with van der Waals surface area (Å²) in [6.07, 6.45) is 3.21. The summed E-state index contributed by atoms with van der Waals surface area (Å²) in [5.74, 6) is 5.83. The largest absolute Gasteiger partial charge is 0.300 e. The van der Waals surface area contributed by atoms with Gasteiger partial charge in [0.1, 0.15) is 0 Å². The SMILES string of the molecule is CC(C)N(CCC(=O)NN)CC1CC1. The summed E-state index contributed by atoms with van der Waals surface area (Å²) in [5.41, 5.74) is 2.16. The fourth-order valence-electron chi connectivity index (χ4n) is 1.51. The highest BCUT2D eigenvalue weighted by atomic mass is 16.2. The molecule has 1 saturated carbocycles. The second-order valence-electron chi connectivity index (χ2n) is 4.35. The molecule has 0 unspecified atom stereocenters. The van der Waals surface area contributed by atoms with E-state index >= 15 is 0 Å². The van der Waals surface area contributed by atoms with Gasteiger partial charge in [0.2, 0.25) is 5.91 Å². The van der Waals surface area contributed by atoms with Gasteiger partial charge in [-0.05, 0) is 32.6 Å². The van der Waals surface area contributed by atoms with E-state index in [-0.39, 0.29) is 5.91 Å². The van der Waals surface area contributed by atoms with Crippen molar-refractivity contribution in [3.05, 3.63) is 0 Å². The van der Waals surface area contributed by atoms with Crippen LogP contribution >= 0.6 is 0 Å². The number of hydrogen-bond donors (Lipinski definition) is 2. The smallest absolute Gasteiger partial charge is 0.235 e. The fourth-order valence-corrected chi connectivity index (χ4v) is 1.51. The van der Waals surface area contributed by atoms with Gasteiger partial charge in [0.05, 0.1) is 0 Å². The predicted octanol–water partition coefficient (Wildman–Crippen LogP) is 0.487. The summed E-state index contributed by atoms with van der Waals surface area (Å²) in [6.45, 7) is 6.29. The van der Waals surface area contributed by atoms with E-state index in [0.717, 1.165) is 19.0 Å². The van der Waals surface area contributed by atoms with Crippen LogP contribution in [0.3, 0.4) is 0 Å². The van der Waals surface area contributed by atoms with E-state index in [1.165, 1.54) is 12.8 Å². The number of nitrogens with zero attached hydrogens (tertiary/aromatic N) is 1. The first-order chi connectivity index (χ1) is 6.63. The van der Waals surface area contributed by atoms with Crippen LogP contribution in [0.25, 0.3) is 0 Å². The van der Waals surface area contributed by atoms with Gasteiger partial charge in [0.15, 0.2) is 0 Å². The molecule has 1 aliphatic carbocycles. The third-order valence-corrected chi connectivity index (χ3v) is 2.71. The Bertz CT molecular complexity index is 190. The Labute approximate surface area is 85.8 Å². The third kappa shape index (κ3) is 4.07. The summed E-state index contributed by atoms with van der Waals surface area (Å²) >= 11 is 0. The van der Waals surface area contributed by atoms with E-state index in [0.29, 0.717) is 12.5 Å². The molecule has 0 atom stereocenters. The van der Waals surface area contributed by atoms with Gasteiger partial charge in [-0.3, -0.25) is 10.2 Å². The van der Waals surface area contributed by atoms with Crippen LogP contribution < -0.4 is 11.3 Å². The highest BCUT2D eigenvalue weighted by Crippen LogP contribution is 2.30. The molecule has 0 aromatic carbocycles. The van der Waals surface area contributed by atoms with Gasteiger partial charge in [0, 0.05) is 25.6 Å². The molecule has 0 heterocycles. The Morgan fingerprint density at radius 1 is 1.57 bits per heavy atom. The van der Waals surface area contributed by atoms with Crippen molar-refractivity contribution in [2.45, 2.75) is 39.2 Å². The Morgan fingerprint density at radius 3 is 2.64 bits per heavy atom. The fraction of sp³-hybridized carbons (Fsp3) is 0.900. The van der Waals surface area contributed by atoms with E-state index in [4.69, 9.17) is 5.84 Å². The zero-order valence-corrected chi connectivity index (χ0v) is 9.12. The molecule has 82 valence electrons. The maximum Gasteiger partial charge on any atom is 0.235 e. The molecule has 0 aromatic heterocycles. The standard InChI is InChI=1S/C10H21N3O/c1-8(2)13(7-9-3-4-9)6-5-10(14)12-11/h8-9H,3-7,11H2,1-2H3,(H,12,14). The molecule has 0 aliphatic heterocycles. The van der Waals surface area contributed by atoms with Gasteiger partial charge in [-0.15, -0.1) is 0 Å². The number of carbonyl (C=O) groups excluding carboxylic acids is 1. The monoisotopic (exact) mass is 199 g/mol. The Morgan fingerprint density at radius 2 is 2.21 bits per heavy atom. The van der Waals surface area contributed by atoms with Crippen molar-refractivity contribution in [3.63, 3.8) is 0 Å². The first kappa shape index (κ1) is 11.5. The lowest BCUT2D eigenvalue weighted by Crippen LogP contribution is -2.38. The average molecular weight is 199 g/mol. The van der Waals surface area contributed by atoms with Crippen LogP contribution in [0.2, 0.25) is 0 Å². The van der Waals surface area contributed by atoms with Crippen molar-refractivity contribution in [1.29, 1.82) is 0 Å². The van der Waals surface area contributed by atoms with Gasteiger partial charge >= 0.3 is 0 Å². The summed E-state index contributed by atoms with van der Waals surface area (Å²) in [6, 6.07) is 0.515. The third-order valence-electron chi connectivity index (χ3n) is 2.71. The number of rotatable bonds is 6. The van der Waals surface area contributed by atoms with E-state index in [9.17, 15) is 4.79 Å². The molecule has 1 amide bonds. The molecule has 4 heteroatoms. The maximum atomic E-state index is 11.0. The maximum absolute atomic E-state index is 11.0. The number of carbonyl (C=O) groups is 1. The van der Waals surface area contributed by atoms with Gasteiger partial charge < -0.3 is 4.90 Å².